The SMILES string of the molecule is c1cnc2c([C@H]3CCCN(CC4CC4)C3)[nH]nc2n1. The van der Waals surface area contributed by atoms with Crippen LogP contribution in [0.15, 0.2) is 12.4 Å². The van der Waals surface area contributed by atoms with E-state index in [-0.39, 0.29) is 0 Å². The predicted molar refractivity (Wildman–Crippen MR) is 72.8 cm³/mol. The summed E-state index contributed by atoms with van der Waals surface area (Å²) in [5, 5.41) is 7.45. The van der Waals surface area contributed by atoms with Crippen molar-refractivity contribution in [3.05, 3.63) is 18.1 Å². The molecule has 0 aromatic carbocycles. The van der Waals surface area contributed by atoms with Gasteiger partial charge < -0.3 is 4.90 Å². The Bertz CT molecular complexity index is 574. The van der Waals surface area contributed by atoms with E-state index in [0.29, 0.717) is 5.92 Å². The van der Waals surface area contributed by atoms with Gasteiger partial charge in [0.2, 0.25) is 0 Å². The Kier molecular flexibility index (Phi) is 2.72. The Labute approximate surface area is 112 Å². The average molecular weight is 257 g/mol. The molecule has 5 nitrogen and oxygen atoms in total. The highest BCUT2D eigenvalue weighted by Gasteiger charge is 2.29. The third-order valence-corrected chi connectivity index (χ3v) is 4.34. The van der Waals surface area contributed by atoms with E-state index in [2.05, 4.69) is 25.1 Å². The molecule has 1 atom stereocenters. The molecule has 2 aliphatic rings. The number of rotatable bonds is 3. The standard InChI is InChI=1S/C14H19N5/c1-2-11(9-19(7-1)8-10-3-4-10)12-13-14(18-17-12)16-6-5-15-13/h5-6,10-11H,1-4,7-9H2,(H,16,17,18)/t11-/m0/s1. The van der Waals surface area contributed by atoms with E-state index in [9.17, 15) is 0 Å². The number of piperidine rings is 1. The topological polar surface area (TPSA) is 57.7 Å². The summed E-state index contributed by atoms with van der Waals surface area (Å²) in [6.45, 7) is 3.68. The molecule has 0 amide bonds. The van der Waals surface area contributed by atoms with E-state index in [0.717, 1.165) is 23.6 Å². The number of fused-ring (bicyclic) bond motifs is 1. The smallest absolute Gasteiger partial charge is 0.199 e. The molecule has 0 bridgehead atoms. The Morgan fingerprint density at radius 2 is 2.11 bits per heavy atom. The normalized spacial score (nSPS) is 24.9. The van der Waals surface area contributed by atoms with Crippen LogP contribution in [0.4, 0.5) is 0 Å². The van der Waals surface area contributed by atoms with Crippen LogP contribution in [-0.4, -0.2) is 44.7 Å². The lowest BCUT2D eigenvalue weighted by molar-refractivity contribution is 0.199. The number of hydrogen-bond donors (Lipinski definition) is 1. The van der Waals surface area contributed by atoms with Crippen molar-refractivity contribution < 1.29 is 0 Å². The van der Waals surface area contributed by atoms with Crippen molar-refractivity contribution in [3.8, 4) is 0 Å². The number of aromatic nitrogens is 4. The summed E-state index contributed by atoms with van der Waals surface area (Å²) in [5.41, 5.74) is 2.89. The van der Waals surface area contributed by atoms with Crippen molar-refractivity contribution in [2.24, 2.45) is 5.92 Å². The van der Waals surface area contributed by atoms with Gasteiger partial charge in [-0.3, -0.25) is 5.10 Å². The molecule has 0 unspecified atom stereocenters. The van der Waals surface area contributed by atoms with Gasteiger partial charge in [0.1, 0.15) is 5.52 Å². The molecule has 1 aliphatic heterocycles. The van der Waals surface area contributed by atoms with Crippen LogP contribution in [0, 0.1) is 5.92 Å². The number of aromatic amines is 1. The largest absolute Gasteiger partial charge is 0.302 e. The van der Waals surface area contributed by atoms with Crippen LogP contribution in [0.25, 0.3) is 11.2 Å². The van der Waals surface area contributed by atoms with Crippen molar-refractivity contribution in [2.75, 3.05) is 19.6 Å². The molecular formula is C14H19N5. The van der Waals surface area contributed by atoms with Gasteiger partial charge >= 0.3 is 0 Å². The van der Waals surface area contributed by atoms with Gasteiger partial charge in [-0.2, -0.15) is 5.10 Å². The maximum Gasteiger partial charge on any atom is 0.199 e. The summed E-state index contributed by atoms with van der Waals surface area (Å²) in [6, 6.07) is 0. The quantitative estimate of drug-likeness (QED) is 0.913. The average Bonchev–Trinajstić information content (AvgIpc) is 3.16. The summed E-state index contributed by atoms with van der Waals surface area (Å²) < 4.78 is 0. The molecule has 3 heterocycles. The summed E-state index contributed by atoms with van der Waals surface area (Å²) in [7, 11) is 0. The van der Waals surface area contributed by atoms with Crippen molar-refractivity contribution in [1.29, 1.82) is 0 Å². The first-order valence-electron chi connectivity index (χ1n) is 7.27. The van der Waals surface area contributed by atoms with Crippen molar-refractivity contribution in [3.63, 3.8) is 0 Å². The second-order valence-electron chi connectivity index (χ2n) is 5.91. The lowest BCUT2D eigenvalue weighted by Crippen LogP contribution is -2.36. The predicted octanol–water partition coefficient (Wildman–Crippen LogP) is 1.94. The van der Waals surface area contributed by atoms with Crippen LogP contribution in [0.2, 0.25) is 0 Å². The van der Waals surface area contributed by atoms with Gasteiger partial charge in [-0.25, -0.2) is 9.97 Å². The van der Waals surface area contributed by atoms with Crippen LogP contribution in [0.3, 0.4) is 0 Å². The van der Waals surface area contributed by atoms with Gasteiger partial charge in [0.25, 0.3) is 0 Å². The monoisotopic (exact) mass is 257 g/mol. The molecule has 0 radical (unpaired) electrons. The molecular weight excluding hydrogens is 238 g/mol. The summed E-state index contributed by atoms with van der Waals surface area (Å²) >= 11 is 0. The van der Waals surface area contributed by atoms with Crippen molar-refractivity contribution in [1.82, 2.24) is 25.1 Å². The molecule has 100 valence electrons. The fourth-order valence-corrected chi connectivity index (χ4v) is 3.18. The number of H-pyrrole nitrogens is 1. The highest BCUT2D eigenvalue weighted by atomic mass is 15.2. The molecule has 2 fully saturated rings. The lowest BCUT2D eigenvalue weighted by atomic mass is 9.94. The third-order valence-electron chi connectivity index (χ3n) is 4.34. The van der Waals surface area contributed by atoms with Crippen LogP contribution < -0.4 is 0 Å². The first-order valence-corrected chi connectivity index (χ1v) is 7.27. The van der Waals surface area contributed by atoms with Gasteiger partial charge in [0, 0.05) is 31.4 Å². The van der Waals surface area contributed by atoms with Crippen molar-refractivity contribution >= 4 is 11.2 Å². The van der Waals surface area contributed by atoms with Gasteiger partial charge in [-0.05, 0) is 38.1 Å². The summed E-state index contributed by atoms with van der Waals surface area (Å²) in [6.07, 6.45) is 8.83. The zero-order valence-corrected chi connectivity index (χ0v) is 11.0. The molecule has 1 saturated heterocycles. The van der Waals surface area contributed by atoms with E-state index < -0.39 is 0 Å². The lowest BCUT2D eigenvalue weighted by Gasteiger charge is -2.32. The first kappa shape index (κ1) is 11.3. The van der Waals surface area contributed by atoms with Gasteiger partial charge in [0.05, 0.1) is 5.69 Å². The van der Waals surface area contributed by atoms with Crippen molar-refractivity contribution in [2.45, 2.75) is 31.6 Å². The second kappa shape index (κ2) is 4.56. The summed E-state index contributed by atoms with van der Waals surface area (Å²) in [5.74, 6) is 1.51. The molecule has 4 rings (SSSR count). The fourth-order valence-electron chi connectivity index (χ4n) is 3.18. The Balaban J connectivity index is 1.56. The van der Waals surface area contributed by atoms with Crippen LogP contribution in [0.5, 0.6) is 0 Å². The zero-order chi connectivity index (χ0) is 12.7. The molecule has 2 aromatic rings. The van der Waals surface area contributed by atoms with Crippen LogP contribution >= 0.6 is 0 Å². The minimum atomic E-state index is 0.536. The van der Waals surface area contributed by atoms with E-state index in [1.54, 1.807) is 12.4 Å². The fraction of sp³-hybridized carbons (Fsp3) is 0.643. The highest BCUT2D eigenvalue weighted by molar-refractivity contribution is 5.72. The van der Waals surface area contributed by atoms with Crippen LogP contribution in [0.1, 0.15) is 37.3 Å². The Morgan fingerprint density at radius 1 is 1.21 bits per heavy atom. The maximum absolute atomic E-state index is 4.44. The minimum absolute atomic E-state index is 0.536. The molecule has 5 heteroatoms. The molecule has 19 heavy (non-hydrogen) atoms. The van der Waals surface area contributed by atoms with E-state index in [4.69, 9.17) is 0 Å². The van der Waals surface area contributed by atoms with Gasteiger partial charge in [-0.15, -0.1) is 0 Å². The van der Waals surface area contributed by atoms with Gasteiger partial charge in [-0.1, -0.05) is 0 Å². The van der Waals surface area contributed by atoms with E-state index >= 15 is 0 Å². The maximum atomic E-state index is 4.44. The minimum Gasteiger partial charge on any atom is -0.302 e. The third kappa shape index (κ3) is 2.23. The highest BCUT2D eigenvalue weighted by Crippen LogP contribution is 2.33. The van der Waals surface area contributed by atoms with E-state index in [1.165, 1.54) is 44.5 Å². The van der Waals surface area contributed by atoms with Crippen LogP contribution in [-0.2, 0) is 0 Å². The molecule has 1 saturated carbocycles. The molecule has 0 spiro atoms. The number of nitrogens with zero attached hydrogens (tertiary/aromatic N) is 4. The zero-order valence-electron chi connectivity index (χ0n) is 11.0. The number of hydrogen-bond acceptors (Lipinski definition) is 4. The number of nitrogens with one attached hydrogen (secondary N) is 1. The summed E-state index contributed by atoms with van der Waals surface area (Å²) in [4.78, 5) is 11.3. The Hall–Kier alpha value is -1.49. The van der Waals surface area contributed by atoms with E-state index in [1.807, 2.05) is 0 Å². The number of likely N-dealkylation sites (tertiary alicyclic amines) is 1. The molecule has 2 aromatic heterocycles. The second-order valence-corrected chi connectivity index (χ2v) is 5.91. The van der Waals surface area contributed by atoms with Gasteiger partial charge in [0.15, 0.2) is 5.65 Å². The molecule has 1 aliphatic carbocycles. The molecule has 1 N–H and O–H groups in total. The first-order chi connectivity index (χ1) is 9.40. The Morgan fingerprint density at radius 3 is 3.00 bits per heavy atom.